The van der Waals surface area contributed by atoms with Crippen LogP contribution in [0.5, 0.6) is 11.8 Å². The maximum atomic E-state index is 12.6. The van der Waals surface area contributed by atoms with Gasteiger partial charge in [-0.1, -0.05) is 12.1 Å². The molecule has 5 rings (SSSR count). The normalized spacial score (nSPS) is 16.6. The van der Waals surface area contributed by atoms with Crippen molar-refractivity contribution in [2.24, 2.45) is 0 Å². The van der Waals surface area contributed by atoms with Gasteiger partial charge in [0.15, 0.2) is 11.5 Å². The topological polar surface area (TPSA) is 108 Å². The second kappa shape index (κ2) is 6.29. The molecule has 8 nitrogen and oxygen atoms in total. The van der Waals surface area contributed by atoms with Gasteiger partial charge in [0.2, 0.25) is 0 Å². The summed E-state index contributed by atoms with van der Waals surface area (Å²) in [6.07, 6.45) is 4.98. The molecule has 27 heavy (non-hydrogen) atoms. The highest BCUT2D eigenvalue weighted by Gasteiger charge is 2.21. The quantitative estimate of drug-likeness (QED) is 0.627. The number of benzene rings is 1. The molecule has 4 bridgehead atoms. The van der Waals surface area contributed by atoms with Crippen LogP contribution in [0.4, 0.5) is 5.82 Å². The fourth-order valence-corrected chi connectivity index (χ4v) is 3.91. The highest BCUT2D eigenvalue weighted by atomic mass is 16.5. The highest BCUT2D eigenvalue weighted by molar-refractivity contribution is 5.82. The van der Waals surface area contributed by atoms with Crippen molar-refractivity contribution in [1.82, 2.24) is 19.5 Å². The zero-order chi connectivity index (χ0) is 18.4. The minimum absolute atomic E-state index is 0.208. The van der Waals surface area contributed by atoms with Crippen molar-refractivity contribution < 1.29 is 9.47 Å². The molecule has 0 fully saturated rings. The summed E-state index contributed by atoms with van der Waals surface area (Å²) in [5.74, 6) is 1.11. The summed E-state index contributed by atoms with van der Waals surface area (Å²) in [5, 5.41) is 0. The van der Waals surface area contributed by atoms with Crippen molar-refractivity contribution in [2.75, 3.05) is 18.9 Å². The number of aromatic amines is 1. The number of hydrogen-bond acceptors (Lipinski definition) is 6. The molecule has 2 aromatic heterocycles. The Morgan fingerprint density at radius 1 is 1.04 bits per heavy atom. The number of nitrogens with two attached hydrogens (primary N) is 1. The Balaban J connectivity index is 1.70. The van der Waals surface area contributed by atoms with E-state index >= 15 is 0 Å². The smallest absolute Gasteiger partial charge is 0.328 e. The fraction of sp³-hybridized carbons (Fsp3) is 0.421. The summed E-state index contributed by atoms with van der Waals surface area (Å²) < 4.78 is 13.1. The third kappa shape index (κ3) is 2.81. The van der Waals surface area contributed by atoms with Gasteiger partial charge in [0.05, 0.1) is 19.8 Å². The number of nitrogens with one attached hydrogen (secondary N) is 1. The summed E-state index contributed by atoms with van der Waals surface area (Å²) in [7, 11) is 0. The molecule has 1 aromatic carbocycles. The molecule has 0 saturated carbocycles. The van der Waals surface area contributed by atoms with Crippen LogP contribution < -0.4 is 20.9 Å². The maximum Gasteiger partial charge on any atom is 0.328 e. The van der Waals surface area contributed by atoms with Gasteiger partial charge in [0.1, 0.15) is 11.3 Å². The average Bonchev–Trinajstić information content (AvgIpc) is 3.23. The standard InChI is InChI=1S/C19H21N5O3/c20-16-14-17-23-18(22-16)27-6-3-1-2-4-11-8-12-5-7-26-15(12)13(9-11)10-24(17)19(25)21-14/h8-9H,1-7,10H2,(H,21,25)(H2,20,22,23). The minimum atomic E-state index is -0.271. The van der Waals surface area contributed by atoms with E-state index in [1.165, 1.54) is 11.1 Å². The first kappa shape index (κ1) is 16.2. The van der Waals surface area contributed by atoms with Crippen LogP contribution in [0.15, 0.2) is 16.9 Å². The second-order valence-electron chi connectivity index (χ2n) is 7.11. The summed E-state index contributed by atoms with van der Waals surface area (Å²) >= 11 is 0. The molecule has 8 heteroatoms. The van der Waals surface area contributed by atoms with E-state index in [9.17, 15) is 4.79 Å². The van der Waals surface area contributed by atoms with Gasteiger partial charge in [-0.3, -0.25) is 4.57 Å². The Labute approximate surface area is 155 Å². The van der Waals surface area contributed by atoms with Gasteiger partial charge >= 0.3 is 11.7 Å². The zero-order valence-corrected chi connectivity index (χ0v) is 15.0. The molecule has 0 spiro atoms. The molecule has 0 amide bonds. The lowest BCUT2D eigenvalue weighted by Gasteiger charge is -2.13. The first-order valence-electron chi connectivity index (χ1n) is 9.35. The van der Waals surface area contributed by atoms with Gasteiger partial charge in [-0.25, -0.2) is 4.79 Å². The monoisotopic (exact) mass is 367 g/mol. The molecule has 4 heterocycles. The van der Waals surface area contributed by atoms with Crippen molar-refractivity contribution in [1.29, 1.82) is 0 Å². The number of nitrogen functional groups attached to an aromatic ring is 1. The number of anilines is 1. The molecule has 2 aliphatic heterocycles. The number of ether oxygens (including phenoxy) is 2. The van der Waals surface area contributed by atoms with E-state index < -0.39 is 0 Å². The van der Waals surface area contributed by atoms with Crippen LogP contribution >= 0.6 is 0 Å². The maximum absolute atomic E-state index is 12.6. The number of H-pyrrole nitrogens is 1. The summed E-state index contributed by atoms with van der Waals surface area (Å²) in [4.78, 5) is 24.0. The minimum Gasteiger partial charge on any atom is -0.493 e. The van der Waals surface area contributed by atoms with Gasteiger partial charge in [-0.05, 0) is 36.8 Å². The summed E-state index contributed by atoms with van der Waals surface area (Å²) in [6, 6.07) is 4.60. The van der Waals surface area contributed by atoms with Crippen LogP contribution in [-0.4, -0.2) is 32.7 Å². The molecular formula is C19H21N5O3. The molecule has 0 atom stereocenters. The van der Waals surface area contributed by atoms with E-state index in [4.69, 9.17) is 15.2 Å². The van der Waals surface area contributed by atoms with E-state index in [0.29, 0.717) is 30.9 Å². The van der Waals surface area contributed by atoms with Crippen LogP contribution in [0.25, 0.3) is 11.2 Å². The van der Waals surface area contributed by atoms with Crippen molar-refractivity contribution in [3.8, 4) is 11.8 Å². The Hall–Kier alpha value is -3.03. The van der Waals surface area contributed by atoms with Crippen molar-refractivity contribution in [3.63, 3.8) is 0 Å². The van der Waals surface area contributed by atoms with E-state index in [0.717, 1.165) is 43.4 Å². The Kier molecular flexibility index (Phi) is 3.77. The van der Waals surface area contributed by atoms with Gasteiger partial charge < -0.3 is 20.2 Å². The lowest BCUT2D eigenvalue weighted by Crippen LogP contribution is -2.18. The van der Waals surface area contributed by atoms with E-state index in [1.807, 2.05) is 0 Å². The van der Waals surface area contributed by atoms with Crippen molar-refractivity contribution in [3.05, 3.63) is 39.3 Å². The molecule has 3 aromatic rings. The number of imidazole rings is 1. The number of rotatable bonds is 0. The van der Waals surface area contributed by atoms with Gasteiger partial charge in [-0.15, -0.1) is 0 Å². The largest absolute Gasteiger partial charge is 0.493 e. The first-order valence-corrected chi connectivity index (χ1v) is 9.35. The molecule has 2 aliphatic rings. The van der Waals surface area contributed by atoms with Crippen LogP contribution in [0.1, 0.15) is 36.0 Å². The SMILES string of the molecule is Nc1nc2nc3c1[nH]c(=O)n3Cc1cc(cc3c1OCC3)CCCCCO2. The Bertz CT molecular complexity index is 1090. The third-order valence-electron chi connectivity index (χ3n) is 5.22. The van der Waals surface area contributed by atoms with E-state index in [2.05, 4.69) is 27.1 Å². The number of hydrogen-bond donors (Lipinski definition) is 2. The van der Waals surface area contributed by atoms with Gasteiger partial charge in [0.25, 0.3) is 0 Å². The van der Waals surface area contributed by atoms with Crippen LogP contribution in [0, 0.1) is 0 Å². The molecule has 0 unspecified atom stereocenters. The molecule has 0 aliphatic carbocycles. The Morgan fingerprint density at radius 2 is 1.93 bits per heavy atom. The van der Waals surface area contributed by atoms with Crippen LogP contribution in [0.3, 0.4) is 0 Å². The highest BCUT2D eigenvalue weighted by Crippen LogP contribution is 2.33. The number of fused-ring (bicyclic) bond motifs is 5. The predicted octanol–water partition coefficient (Wildman–Crippen LogP) is 1.79. The number of aromatic nitrogens is 4. The molecule has 140 valence electrons. The van der Waals surface area contributed by atoms with Gasteiger partial charge in [-0.2, -0.15) is 9.97 Å². The summed E-state index contributed by atoms with van der Waals surface area (Å²) in [5.41, 5.74) is 10.2. The lowest BCUT2D eigenvalue weighted by atomic mass is 9.99. The molecule has 0 saturated heterocycles. The van der Waals surface area contributed by atoms with E-state index in [1.54, 1.807) is 4.57 Å². The predicted molar refractivity (Wildman–Crippen MR) is 100 cm³/mol. The fourth-order valence-electron chi connectivity index (χ4n) is 3.91. The van der Waals surface area contributed by atoms with Crippen LogP contribution in [0.2, 0.25) is 0 Å². The second-order valence-corrected chi connectivity index (χ2v) is 7.11. The first-order chi connectivity index (χ1) is 13.2. The van der Waals surface area contributed by atoms with Crippen LogP contribution in [-0.2, 0) is 19.4 Å². The van der Waals surface area contributed by atoms with Crippen molar-refractivity contribution >= 4 is 17.0 Å². The van der Waals surface area contributed by atoms with Crippen molar-refractivity contribution in [2.45, 2.75) is 38.6 Å². The molecular weight excluding hydrogens is 346 g/mol. The number of aryl methyl sites for hydroxylation is 1. The van der Waals surface area contributed by atoms with E-state index in [-0.39, 0.29) is 17.5 Å². The number of nitrogens with zero attached hydrogens (tertiary/aromatic N) is 3. The van der Waals surface area contributed by atoms with Gasteiger partial charge in [0, 0.05) is 12.0 Å². The Morgan fingerprint density at radius 3 is 2.85 bits per heavy atom. The zero-order valence-electron chi connectivity index (χ0n) is 15.0. The summed E-state index contributed by atoms with van der Waals surface area (Å²) in [6.45, 7) is 1.58. The lowest BCUT2D eigenvalue weighted by molar-refractivity contribution is 0.283. The third-order valence-corrected chi connectivity index (χ3v) is 5.22. The molecule has 3 N–H and O–H groups in total. The molecule has 0 radical (unpaired) electrons. The average molecular weight is 367 g/mol.